The van der Waals surface area contributed by atoms with Crippen molar-refractivity contribution in [2.24, 2.45) is 0 Å². The summed E-state index contributed by atoms with van der Waals surface area (Å²) in [6.07, 6.45) is 0. The van der Waals surface area contributed by atoms with Crippen LogP contribution in [0.25, 0.3) is 0 Å². The Balaban J connectivity index is -0.00000000500. The predicted octanol–water partition coefficient (Wildman–Crippen LogP) is -2.49. The molecule has 0 amide bonds. The molecule has 4 heavy (non-hydrogen) atoms. The molecule has 0 fully saturated rings. The van der Waals surface area contributed by atoms with Crippen LogP contribution in [0.1, 0.15) is 0 Å². The van der Waals surface area contributed by atoms with E-state index in [1.54, 1.807) is 0 Å². The van der Waals surface area contributed by atoms with E-state index in [9.17, 15) is 0 Å². The second-order valence-corrected chi connectivity index (χ2v) is 0. The molecule has 0 aliphatic rings. The Morgan fingerprint density at radius 3 is 1.25 bits per heavy atom. The quantitative estimate of drug-likeness (QED) is 0.376. The van der Waals surface area contributed by atoms with Gasteiger partial charge in [0.2, 0.25) is 0 Å². The fourth-order valence-corrected chi connectivity index (χ4v) is 0. The van der Waals surface area contributed by atoms with Crippen molar-refractivity contribution in [2.75, 3.05) is 0 Å². The molecule has 0 radical (unpaired) electrons. The van der Waals surface area contributed by atoms with E-state index < -0.39 is 0 Å². The summed E-state index contributed by atoms with van der Waals surface area (Å²) in [5, 5.41) is 0. The molecule has 0 unspecified atom stereocenters. The van der Waals surface area contributed by atoms with Gasteiger partial charge in [0.15, 0.2) is 0 Å². The van der Waals surface area contributed by atoms with E-state index in [-0.39, 0.29) is 52.0 Å². The molecule has 4 heteroatoms. The van der Waals surface area contributed by atoms with Crippen molar-refractivity contribution in [3.8, 4) is 0 Å². The van der Waals surface area contributed by atoms with Crippen molar-refractivity contribution in [3.05, 3.63) is 0 Å². The third kappa shape index (κ3) is 8.90. The summed E-state index contributed by atoms with van der Waals surface area (Å²) in [6.45, 7) is 0. The second kappa shape index (κ2) is 19.1. The number of hydrogen-bond acceptors (Lipinski definition) is 1. The summed E-state index contributed by atoms with van der Waals surface area (Å²) in [7, 11) is 0. The molecule has 0 N–H and O–H groups in total. The molecule has 28 valence electrons. The number of hydrogen-bond donors (Lipinski definition) is 0. The van der Waals surface area contributed by atoms with Gasteiger partial charge in [-0.15, -0.1) is 0 Å². The predicted molar refractivity (Wildman–Crippen MR) is 20.6 cm³/mol. The van der Waals surface area contributed by atoms with Gasteiger partial charge in [0.05, 0.1) is 0 Å². The molecule has 0 heterocycles. The van der Waals surface area contributed by atoms with Crippen LogP contribution in [-0.2, 0) is 21.8 Å². The summed E-state index contributed by atoms with van der Waals surface area (Å²) >= 11 is 1.10. The molecule has 0 atom stereocenters. The molecular formula is H6BiInORu. The van der Waals surface area contributed by atoms with Gasteiger partial charge in [-0.25, -0.2) is 0 Å². The summed E-state index contributed by atoms with van der Waals surface area (Å²) in [4.78, 5) is 0. The van der Waals surface area contributed by atoms with Crippen molar-refractivity contribution in [2.45, 2.75) is 0 Å². The third-order valence-corrected chi connectivity index (χ3v) is 0. The summed E-state index contributed by atoms with van der Waals surface area (Å²) in [5.41, 5.74) is 0. The maximum absolute atomic E-state index is 8.18. The van der Waals surface area contributed by atoms with Crippen LogP contribution in [0.3, 0.4) is 0 Å². The summed E-state index contributed by atoms with van der Waals surface area (Å²) in [5.74, 6) is 0. The molecule has 0 aromatic carbocycles. The Morgan fingerprint density at radius 2 is 1.25 bits per heavy atom. The van der Waals surface area contributed by atoms with Crippen molar-refractivity contribution in [3.63, 3.8) is 0 Å². The Kier molecular flexibility index (Phi) is 78.2. The molecular weight excluding hydrogens is 441 g/mol. The second-order valence-electron chi connectivity index (χ2n) is 0. The first-order valence-electron chi connectivity index (χ1n) is 0.144. The topological polar surface area (TPSA) is 17.1 Å². The Bertz CT molecular complexity index is 8.00. The van der Waals surface area contributed by atoms with Gasteiger partial charge in [0.25, 0.3) is 0 Å². The van der Waals surface area contributed by atoms with E-state index in [1.807, 2.05) is 0 Å². The fraction of sp³-hybridized carbons (Fsp3) is 0. The van der Waals surface area contributed by atoms with Gasteiger partial charge in [-0.05, 0) is 0 Å². The Labute approximate surface area is 72.8 Å². The minimum absolute atomic E-state index is 0. The molecule has 0 saturated heterocycles. The van der Waals surface area contributed by atoms with Gasteiger partial charge < -0.3 is 0 Å². The van der Waals surface area contributed by atoms with Gasteiger partial charge >= 0.3 is 73.9 Å². The third-order valence-electron chi connectivity index (χ3n) is 0. The first-order valence-corrected chi connectivity index (χ1v) is 0.854. The first-order chi connectivity index (χ1) is 1.00. The average molecular weight is 447 g/mol. The molecule has 0 bridgehead atoms. The minimum atomic E-state index is 0. The van der Waals surface area contributed by atoms with Crippen LogP contribution in [0, 0.1) is 0 Å². The van der Waals surface area contributed by atoms with Crippen LogP contribution in [-0.4, -0.2) is 52.0 Å². The fourth-order valence-electron chi connectivity index (χ4n) is 0. The van der Waals surface area contributed by atoms with E-state index in [0.717, 1.165) is 18.3 Å². The first kappa shape index (κ1) is 16.4. The van der Waals surface area contributed by atoms with Crippen molar-refractivity contribution in [1.29, 1.82) is 0 Å². The Morgan fingerprint density at radius 1 is 1.25 bits per heavy atom. The average Bonchev–Trinajstić information content (AvgIpc) is 1.00. The molecule has 0 aliphatic heterocycles. The monoisotopic (exact) mass is 448 g/mol. The SMILES string of the molecule is [BiH3].[InH3].[O]=[Ru]. The Hall–Kier alpha value is 2.18. The summed E-state index contributed by atoms with van der Waals surface area (Å²) in [6, 6.07) is 0. The number of rotatable bonds is 0. The van der Waals surface area contributed by atoms with Crippen LogP contribution in [0.2, 0.25) is 0 Å². The van der Waals surface area contributed by atoms with E-state index in [2.05, 4.69) is 0 Å². The zero-order chi connectivity index (χ0) is 2.00. The van der Waals surface area contributed by atoms with Crippen LogP contribution in [0.4, 0.5) is 0 Å². The molecule has 0 rings (SSSR count). The van der Waals surface area contributed by atoms with Gasteiger partial charge in [-0.1, -0.05) is 0 Å². The van der Waals surface area contributed by atoms with Crippen LogP contribution in [0.5, 0.6) is 0 Å². The molecule has 0 aromatic rings. The maximum atomic E-state index is 8.18. The summed E-state index contributed by atoms with van der Waals surface area (Å²) < 4.78 is 8.18. The normalized spacial score (nSPS) is 1.25. The van der Waals surface area contributed by atoms with Crippen LogP contribution in [0.15, 0.2) is 0 Å². The van der Waals surface area contributed by atoms with Crippen LogP contribution < -0.4 is 0 Å². The van der Waals surface area contributed by atoms with Crippen molar-refractivity contribution >= 4 is 52.0 Å². The molecule has 1 nitrogen and oxygen atoms in total. The molecule has 0 aromatic heterocycles. The van der Waals surface area contributed by atoms with Gasteiger partial charge in [0.1, 0.15) is 0 Å². The molecule has 0 spiro atoms. The van der Waals surface area contributed by atoms with E-state index in [1.165, 1.54) is 0 Å². The van der Waals surface area contributed by atoms with Gasteiger partial charge in [-0.3, -0.25) is 0 Å². The van der Waals surface area contributed by atoms with E-state index in [0.29, 0.717) is 0 Å². The molecule has 0 aliphatic carbocycles. The van der Waals surface area contributed by atoms with Crippen LogP contribution >= 0.6 is 0 Å². The zero-order valence-electron chi connectivity index (χ0n) is 1.47. The molecule has 0 saturated carbocycles. The standard InChI is InChI=1S/Bi.In.O.Ru.6H. The van der Waals surface area contributed by atoms with Gasteiger partial charge in [-0.2, -0.15) is 0 Å². The van der Waals surface area contributed by atoms with E-state index in [4.69, 9.17) is 3.57 Å². The zero-order valence-corrected chi connectivity index (χ0v) is 8.70. The van der Waals surface area contributed by atoms with Gasteiger partial charge in [0, 0.05) is 0 Å². The van der Waals surface area contributed by atoms with Crippen molar-refractivity contribution in [1.82, 2.24) is 0 Å². The van der Waals surface area contributed by atoms with E-state index >= 15 is 0 Å². The van der Waals surface area contributed by atoms with Crippen molar-refractivity contribution < 1.29 is 21.8 Å².